The maximum absolute atomic E-state index is 6.20. The Morgan fingerprint density at radius 2 is 1.23 bits per heavy atom. The zero-order valence-corrected chi connectivity index (χ0v) is 21.4. The molecule has 9 aromatic rings. The average molecular weight is 512 g/mol. The zero-order chi connectivity index (χ0) is 26.2. The molecule has 0 aliphatic rings. The van der Waals surface area contributed by atoms with Gasteiger partial charge in [0.2, 0.25) is 0 Å². The lowest BCUT2D eigenvalue weighted by Gasteiger charge is -2.14. The molecule has 3 aromatic heterocycles. The molecule has 3 heterocycles. The van der Waals surface area contributed by atoms with Gasteiger partial charge in [0.1, 0.15) is 16.7 Å². The van der Waals surface area contributed by atoms with E-state index in [1.807, 2.05) is 24.3 Å². The van der Waals surface area contributed by atoms with Crippen molar-refractivity contribution in [2.45, 2.75) is 0 Å². The van der Waals surface area contributed by atoms with Crippen molar-refractivity contribution in [1.82, 2.24) is 14.5 Å². The Kier molecular flexibility index (Phi) is 4.30. The predicted octanol–water partition coefficient (Wildman–Crippen LogP) is 9.45. The van der Waals surface area contributed by atoms with Crippen LogP contribution in [0.15, 0.2) is 132 Å². The van der Waals surface area contributed by atoms with Crippen molar-refractivity contribution in [3.8, 4) is 16.8 Å². The topological polar surface area (TPSA) is 43.9 Å². The number of para-hydroxylation sites is 2. The van der Waals surface area contributed by atoms with E-state index in [0.717, 1.165) is 60.8 Å². The summed E-state index contributed by atoms with van der Waals surface area (Å²) in [4.78, 5) is 9.83. The van der Waals surface area contributed by atoms with Gasteiger partial charge in [0.25, 0.3) is 0 Å². The van der Waals surface area contributed by atoms with E-state index in [9.17, 15) is 0 Å². The summed E-state index contributed by atoms with van der Waals surface area (Å²) in [6.07, 6.45) is 3.56. The molecule has 9 rings (SSSR count). The first-order valence-corrected chi connectivity index (χ1v) is 13.4. The second kappa shape index (κ2) is 8.01. The Balaban J connectivity index is 1.39. The van der Waals surface area contributed by atoms with Gasteiger partial charge in [-0.2, -0.15) is 0 Å². The molecule has 0 aliphatic carbocycles. The van der Waals surface area contributed by atoms with Crippen LogP contribution in [-0.2, 0) is 0 Å². The number of hydrogen-bond donors (Lipinski definition) is 0. The van der Waals surface area contributed by atoms with Gasteiger partial charge in [0, 0.05) is 39.5 Å². The van der Waals surface area contributed by atoms with Crippen molar-refractivity contribution >= 4 is 65.6 Å². The number of fused-ring (bicyclic) bond motifs is 8. The smallest absolute Gasteiger partial charge is 0.136 e. The summed E-state index contributed by atoms with van der Waals surface area (Å²) in [6.45, 7) is 0. The molecule has 4 nitrogen and oxygen atoms in total. The fourth-order valence-electron chi connectivity index (χ4n) is 6.35. The van der Waals surface area contributed by atoms with Crippen molar-refractivity contribution in [2.24, 2.45) is 0 Å². The van der Waals surface area contributed by atoms with Gasteiger partial charge < -0.3 is 8.98 Å². The van der Waals surface area contributed by atoms with Gasteiger partial charge in [-0.3, -0.25) is 9.97 Å². The summed E-state index contributed by atoms with van der Waals surface area (Å²) in [5, 5.41) is 7.09. The van der Waals surface area contributed by atoms with E-state index in [2.05, 4.69) is 95.6 Å². The minimum absolute atomic E-state index is 0.862. The van der Waals surface area contributed by atoms with E-state index in [4.69, 9.17) is 14.4 Å². The van der Waals surface area contributed by atoms with Crippen LogP contribution in [0, 0.1) is 0 Å². The van der Waals surface area contributed by atoms with E-state index in [1.54, 1.807) is 12.4 Å². The van der Waals surface area contributed by atoms with Crippen molar-refractivity contribution in [2.75, 3.05) is 0 Å². The summed E-state index contributed by atoms with van der Waals surface area (Å²) >= 11 is 0. The van der Waals surface area contributed by atoms with Gasteiger partial charge in [-0.1, -0.05) is 72.8 Å². The number of nitrogens with zero attached hydrogens (tertiary/aromatic N) is 3. The Morgan fingerprint density at radius 1 is 0.500 bits per heavy atom. The fourth-order valence-corrected chi connectivity index (χ4v) is 6.35. The summed E-state index contributed by atoms with van der Waals surface area (Å²) in [6, 6.07) is 40.6. The molecule has 0 radical (unpaired) electrons. The maximum atomic E-state index is 6.20. The van der Waals surface area contributed by atoms with E-state index < -0.39 is 0 Å². The predicted molar refractivity (Wildman–Crippen MR) is 164 cm³/mol. The van der Waals surface area contributed by atoms with Gasteiger partial charge in [0.15, 0.2) is 0 Å². The lowest BCUT2D eigenvalue weighted by atomic mass is 9.97. The highest BCUT2D eigenvalue weighted by Gasteiger charge is 2.19. The zero-order valence-electron chi connectivity index (χ0n) is 21.4. The SMILES string of the molecule is c1ccc2cc3c(cc2c1)c1ccccc1n3-c1ccc(-c2cccc3oc4ccccc4c23)c2nccnc12. The average Bonchev–Trinajstić information content (AvgIpc) is 3.55. The van der Waals surface area contributed by atoms with Crippen LogP contribution in [0.4, 0.5) is 0 Å². The Bertz CT molecular complexity index is 2450. The number of rotatable bonds is 2. The maximum Gasteiger partial charge on any atom is 0.136 e. The molecule has 0 unspecified atom stereocenters. The number of hydrogen-bond acceptors (Lipinski definition) is 3. The van der Waals surface area contributed by atoms with E-state index in [0.29, 0.717) is 0 Å². The molecule has 0 aliphatic heterocycles. The summed E-state index contributed by atoms with van der Waals surface area (Å²) < 4.78 is 8.54. The molecule has 6 aromatic carbocycles. The quantitative estimate of drug-likeness (QED) is 0.232. The van der Waals surface area contributed by atoms with Gasteiger partial charge in [-0.25, -0.2) is 0 Å². The first kappa shape index (κ1) is 21.5. The highest BCUT2D eigenvalue weighted by atomic mass is 16.3. The molecule has 0 atom stereocenters. The van der Waals surface area contributed by atoms with Crippen LogP contribution in [0.3, 0.4) is 0 Å². The molecule has 0 N–H and O–H groups in total. The number of benzene rings is 6. The largest absolute Gasteiger partial charge is 0.456 e. The number of furan rings is 1. The van der Waals surface area contributed by atoms with Gasteiger partial charge >= 0.3 is 0 Å². The fraction of sp³-hybridized carbons (Fsp3) is 0. The highest BCUT2D eigenvalue weighted by molar-refractivity contribution is 6.17. The lowest BCUT2D eigenvalue weighted by Crippen LogP contribution is -1.99. The lowest BCUT2D eigenvalue weighted by molar-refractivity contribution is 0.669. The first-order valence-electron chi connectivity index (χ1n) is 13.4. The molecular weight excluding hydrogens is 490 g/mol. The molecular formula is C36H21N3O. The molecule has 186 valence electrons. The molecule has 0 bridgehead atoms. The van der Waals surface area contributed by atoms with Crippen LogP contribution in [-0.4, -0.2) is 14.5 Å². The van der Waals surface area contributed by atoms with E-state index in [1.165, 1.54) is 21.5 Å². The van der Waals surface area contributed by atoms with Crippen LogP contribution in [0.1, 0.15) is 0 Å². The van der Waals surface area contributed by atoms with Crippen molar-refractivity contribution in [3.63, 3.8) is 0 Å². The Morgan fingerprint density at radius 3 is 2.12 bits per heavy atom. The van der Waals surface area contributed by atoms with Crippen LogP contribution < -0.4 is 0 Å². The Labute approximate surface area is 228 Å². The van der Waals surface area contributed by atoms with Crippen LogP contribution in [0.25, 0.3) is 82.4 Å². The van der Waals surface area contributed by atoms with Crippen molar-refractivity contribution in [3.05, 3.63) is 128 Å². The molecule has 40 heavy (non-hydrogen) atoms. The monoisotopic (exact) mass is 511 g/mol. The first-order chi connectivity index (χ1) is 19.8. The summed E-state index contributed by atoms with van der Waals surface area (Å²) in [7, 11) is 0. The second-order valence-corrected chi connectivity index (χ2v) is 10.2. The molecule has 0 fully saturated rings. The van der Waals surface area contributed by atoms with Gasteiger partial charge in [0.05, 0.1) is 22.2 Å². The van der Waals surface area contributed by atoms with Crippen molar-refractivity contribution < 1.29 is 4.42 Å². The van der Waals surface area contributed by atoms with Gasteiger partial charge in [-0.15, -0.1) is 0 Å². The molecule has 0 saturated carbocycles. The number of aromatic nitrogens is 3. The second-order valence-electron chi connectivity index (χ2n) is 10.2. The molecule has 0 spiro atoms. The molecule has 0 amide bonds. The third-order valence-corrected chi connectivity index (χ3v) is 8.08. The third-order valence-electron chi connectivity index (χ3n) is 8.08. The van der Waals surface area contributed by atoms with Crippen LogP contribution >= 0.6 is 0 Å². The minimum Gasteiger partial charge on any atom is -0.456 e. The highest BCUT2D eigenvalue weighted by Crippen LogP contribution is 2.41. The van der Waals surface area contributed by atoms with Crippen molar-refractivity contribution in [1.29, 1.82) is 0 Å². The third kappa shape index (κ3) is 2.90. The van der Waals surface area contributed by atoms with E-state index >= 15 is 0 Å². The van der Waals surface area contributed by atoms with E-state index in [-0.39, 0.29) is 0 Å². The molecule has 0 saturated heterocycles. The minimum atomic E-state index is 0.862. The Hall–Kier alpha value is -5.48. The normalized spacial score (nSPS) is 12.0. The summed E-state index contributed by atoms with van der Waals surface area (Å²) in [5.74, 6) is 0. The standard InChI is InChI=1S/C36H21N3O/c1-2-9-23-21-31-28(20-22(23)8-1)24-10-3-5-13-29(24)39(31)30-17-16-26(35-36(30)38-19-18-37-35)25-12-7-15-33-34(25)27-11-4-6-14-32(27)40-33/h1-21H. The van der Waals surface area contributed by atoms with Crippen LogP contribution in [0.5, 0.6) is 0 Å². The van der Waals surface area contributed by atoms with Gasteiger partial charge in [-0.05, 0) is 58.8 Å². The summed E-state index contributed by atoms with van der Waals surface area (Å²) in [5.41, 5.74) is 8.92. The molecule has 4 heteroatoms. The van der Waals surface area contributed by atoms with Crippen LogP contribution in [0.2, 0.25) is 0 Å².